The lowest BCUT2D eigenvalue weighted by Crippen LogP contribution is -2.33. The van der Waals surface area contributed by atoms with E-state index in [1.165, 1.54) is 235 Å². The lowest BCUT2D eigenvalue weighted by atomic mass is 9.73. The number of nitrogens with zero attached hydrogens (tertiary/aromatic N) is 2. The molecule has 1 N–H and O–H groups in total. The number of rotatable bonds is 37. The molecule has 0 amide bonds. The second kappa shape index (κ2) is 33.0. The number of carbonyl (C=O) groups is 1. The van der Waals surface area contributed by atoms with Crippen LogP contribution < -0.4 is 4.90 Å². The molecule has 0 radical (unpaired) electrons. The summed E-state index contributed by atoms with van der Waals surface area (Å²) in [5.41, 5.74) is 13.7. The van der Waals surface area contributed by atoms with E-state index < -0.39 is 5.97 Å². The smallest absolute Gasteiger partial charge is 0.333 e. The molecule has 9 heteroatoms. The highest BCUT2D eigenvalue weighted by molar-refractivity contribution is 7.30. The first-order valence-corrected chi connectivity index (χ1v) is 37.1. The lowest BCUT2D eigenvalue weighted by molar-refractivity contribution is -0.132. The van der Waals surface area contributed by atoms with Gasteiger partial charge in [-0.1, -0.05) is 195 Å². The number of thiophene rings is 5. The van der Waals surface area contributed by atoms with E-state index in [2.05, 4.69) is 149 Å². The average Bonchev–Trinajstić information content (AvgIpc) is 1.23. The molecular weight excluding hydrogens is 1120 g/mol. The summed E-state index contributed by atoms with van der Waals surface area (Å²) in [6.45, 7) is 27.5. The maximum Gasteiger partial charge on any atom is 0.333 e. The highest BCUT2D eigenvalue weighted by Crippen LogP contribution is 2.54. The molecule has 5 aromatic heterocycles. The summed E-state index contributed by atoms with van der Waals surface area (Å²) in [6.07, 6.45) is 36.1. The first kappa shape index (κ1) is 65.4. The molecule has 0 bridgehead atoms. The molecule has 2 aromatic carbocycles. The Kier molecular flexibility index (Phi) is 25.7. The molecule has 1 aliphatic rings. The minimum Gasteiger partial charge on any atom is -0.486 e. The fourth-order valence-corrected chi connectivity index (χ4v) is 19.0. The van der Waals surface area contributed by atoms with Gasteiger partial charge in [0.2, 0.25) is 0 Å². The van der Waals surface area contributed by atoms with Gasteiger partial charge in [0.1, 0.15) is 0 Å². The van der Waals surface area contributed by atoms with Crippen LogP contribution in [0.3, 0.4) is 0 Å². The van der Waals surface area contributed by atoms with Crippen LogP contribution in [-0.2, 0) is 42.3 Å². The fourth-order valence-electron chi connectivity index (χ4n) is 12.5. The van der Waals surface area contributed by atoms with Crippen LogP contribution in [0.15, 0.2) is 78.5 Å². The van der Waals surface area contributed by atoms with Crippen LogP contribution in [0.4, 0.5) is 11.4 Å². The van der Waals surface area contributed by atoms with Crippen LogP contribution in [0.2, 0.25) is 0 Å². The first-order chi connectivity index (χ1) is 41.0. The van der Waals surface area contributed by atoms with Gasteiger partial charge in [-0.15, -0.1) is 56.7 Å². The number of hydrogen-bond donors (Lipinski definition) is 1. The molecule has 0 fully saturated rings. The van der Waals surface area contributed by atoms with E-state index in [0.29, 0.717) is 0 Å². The Morgan fingerprint density at radius 3 is 1.29 bits per heavy atom. The molecule has 0 saturated carbocycles. The van der Waals surface area contributed by atoms with Gasteiger partial charge in [-0.2, -0.15) is 0 Å². The highest BCUT2D eigenvalue weighted by Gasteiger charge is 2.36. The highest BCUT2D eigenvalue weighted by atomic mass is 32.1. The van der Waals surface area contributed by atoms with Crippen molar-refractivity contribution in [2.45, 2.75) is 247 Å². The monoisotopic (exact) mass is 1220 g/mol. The van der Waals surface area contributed by atoms with Gasteiger partial charge in [0.15, 0.2) is 0 Å². The summed E-state index contributed by atoms with van der Waals surface area (Å²) in [5.74, 6) is -1.15. The van der Waals surface area contributed by atoms with Gasteiger partial charge < -0.3 is 10.0 Å². The van der Waals surface area contributed by atoms with Crippen molar-refractivity contribution >= 4 is 80.1 Å². The average molecular weight is 1220 g/mol. The van der Waals surface area contributed by atoms with Gasteiger partial charge >= 0.3 is 5.97 Å². The number of aryl methyl sites for hydroxylation is 5. The van der Waals surface area contributed by atoms with Crippen molar-refractivity contribution in [2.24, 2.45) is 0 Å². The summed E-state index contributed by atoms with van der Waals surface area (Å²) >= 11 is 9.79. The third kappa shape index (κ3) is 16.5. The van der Waals surface area contributed by atoms with E-state index in [-0.39, 0.29) is 11.1 Å². The van der Waals surface area contributed by atoms with E-state index in [9.17, 15) is 9.90 Å². The number of fused-ring (bicyclic) bond motifs is 2. The molecule has 0 saturated heterocycles. The Hall–Kier alpha value is -4.56. The van der Waals surface area contributed by atoms with Gasteiger partial charge in [-0.05, 0) is 170 Å². The summed E-state index contributed by atoms with van der Waals surface area (Å²) in [7, 11) is 0. The molecule has 0 unspecified atom stereocenters. The largest absolute Gasteiger partial charge is 0.486 e. The molecule has 0 aliphatic carbocycles. The van der Waals surface area contributed by atoms with E-state index >= 15 is 0 Å². The molecule has 0 spiro atoms. The summed E-state index contributed by atoms with van der Waals surface area (Å²) in [5, 5.41) is 9.99. The van der Waals surface area contributed by atoms with Crippen LogP contribution in [0.1, 0.15) is 253 Å². The number of para-hydroxylation sites is 1. The Balaban J connectivity index is 1.23. The van der Waals surface area contributed by atoms with Crippen molar-refractivity contribution in [1.82, 2.24) is 0 Å². The molecule has 4 nitrogen and oxygen atoms in total. The maximum atomic E-state index is 12.2. The van der Waals surface area contributed by atoms with Crippen LogP contribution in [-0.4, -0.2) is 17.6 Å². The first-order valence-electron chi connectivity index (χ1n) is 33.0. The van der Waals surface area contributed by atoms with Crippen molar-refractivity contribution in [3.05, 3.63) is 134 Å². The third-order valence-corrected chi connectivity index (χ3v) is 24.0. The predicted octanol–water partition coefficient (Wildman–Crippen LogP) is 25.6. The van der Waals surface area contributed by atoms with Crippen molar-refractivity contribution in [3.63, 3.8) is 0 Å². The lowest BCUT2D eigenvalue weighted by Gasteiger charge is -2.42. The number of benzene rings is 2. The summed E-state index contributed by atoms with van der Waals surface area (Å²) in [6, 6.07) is 29.4. The number of aliphatic carboxylic acids is 1. The van der Waals surface area contributed by atoms with E-state index in [1.807, 2.05) is 34.0 Å². The van der Waals surface area contributed by atoms with Crippen molar-refractivity contribution in [3.8, 4) is 49.5 Å². The third-order valence-electron chi connectivity index (χ3n) is 17.4. The SMILES string of the molecule is [C-]#[N+]/C(=C\c1sc(-c2sc(-c3sc(-c4sc(-c5sc(-c6ccc7c(c6)C(C)(C)c6ccccc6N7CCCCCC)cc5CCCCCC)cc4CCCCCC)cc3CCCCCC)cc2CCCCCC)cc1CCCCCC)C(=O)O. The van der Waals surface area contributed by atoms with Gasteiger partial charge in [0.05, 0.1) is 6.57 Å². The molecule has 7 aromatic rings. The van der Waals surface area contributed by atoms with E-state index in [0.717, 1.165) is 62.8 Å². The number of anilines is 2. The Morgan fingerprint density at radius 2 is 0.845 bits per heavy atom. The quantitative estimate of drug-likeness (QED) is 0.0240. The standard InChI is InChI=1S/C75H98N2O2S5/c1-10-16-22-28-36-53-47-66(80-65(53)52-61(76-9)74(78)79)70-56(38-30-24-18-12-3)49-68(82-70)72-58(40-32-26-20-14-5)51-69(84-72)73-57(39-31-25-19-13-4)50-67(83-73)71-55(37-29-23-17-11-2)48-64(81-71)54-43-44-63-60(46-54)75(7,8)59-41-33-34-42-62(59)77(63)45-35-27-21-15-6/h33-34,41-44,46-52H,10-32,35-40,45H2,1-8H3,(H,78,79)/b61-52-. The van der Waals surface area contributed by atoms with Gasteiger partial charge in [0.25, 0.3) is 5.70 Å². The molecule has 0 atom stereocenters. The number of unbranched alkanes of at least 4 members (excludes halogenated alkanes) is 18. The van der Waals surface area contributed by atoms with Crippen molar-refractivity contribution in [1.29, 1.82) is 0 Å². The fraction of sp³-hybridized carbons (Fsp3) is 0.520. The zero-order valence-electron chi connectivity index (χ0n) is 52.5. The topological polar surface area (TPSA) is 44.9 Å². The zero-order valence-corrected chi connectivity index (χ0v) is 56.6. The van der Waals surface area contributed by atoms with Crippen LogP contribution in [0.5, 0.6) is 0 Å². The van der Waals surface area contributed by atoms with Gasteiger partial charge in [-0.3, -0.25) is 4.79 Å². The summed E-state index contributed by atoms with van der Waals surface area (Å²) in [4.78, 5) is 31.8. The normalized spacial score (nSPS) is 13.0. The molecule has 84 heavy (non-hydrogen) atoms. The van der Waals surface area contributed by atoms with Crippen LogP contribution in [0.25, 0.3) is 60.4 Å². The minimum atomic E-state index is -1.15. The summed E-state index contributed by atoms with van der Waals surface area (Å²) < 4.78 is 0. The van der Waals surface area contributed by atoms with Gasteiger partial charge in [-0.25, -0.2) is 4.85 Å². The van der Waals surface area contributed by atoms with Gasteiger partial charge in [0, 0.05) is 72.1 Å². The zero-order chi connectivity index (χ0) is 59.4. The number of carboxylic acid groups (broad SMARTS) is 1. The number of hydrogen-bond acceptors (Lipinski definition) is 7. The Labute approximate surface area is 527 Å². The Morgan fingerprint density at radius 1 is 0.464 bits per heavy atom. The molecular formula is C75H98N2O2S5. The second-order valence-corrected chi connectivity index (χ2v) is 29.7. The molecule has 1 aliphatic heterocycles. The maximum absolute atomic E-state index is 12.2. The van der Waals surface area contributed by atoms with Crippen molar-refractivity contribution in [2.75, 3.05) is 11.4 Å². The second-order valence-electron chi connectivity index (χ2n) is 24.4. The molecule has 8 rings (SSSR count). The predicted molar refractivity (Wildman–Crippen MR) is 374 cm³/mol. The molecule has 6 heterocycles. The van der Waals surface area contributed by atoms with Crippen LogP contribution >= 0.6 is 56.7 Å². The number of carboxylic acids is 1. The van der Waals surface area contributed by atoms with Crippen LogP contribution in [0, 0.1) is 6.57 Å². The van der Waals surface area contributed by atoms with E-state index in [4.69, 9.17) is 6.57 Å². The molecule has 450 valence electrons. The Bertz CT molecular complexity index is 3270. The van der Waals surface area contributed by atoms with E-state index in [1.54, 1.807) is 17.4 Å². The van der Waals surface area contributed by atoms with Crippen molar-refractivity contribution < 1.29 is 9.90 Å². The minimum absolute atomic E-state index is 0.120.